The summed E-state index contributed by atoms with van der Waals surface area (Å²) in [7, 11) is 1.91. The number of ketones is 1. The Labute approximate surface area is 142 Å². The maximum absolute atomic E-state index is 12.0. The second-order valence-electron chi connectivity index (χ2n) is 5.06. The summed E-state index contributed by atoms with van der Waals surface area (Å²) in [6, 6.07) is 11.0. The molecule has 1 amide bonds. The van der Waals surface area contributed by atoms with Crippen LogP contribution in [0.4, 0.5) is 5.69 Å². The van der Waals surface area contributed by atoms with Crippen molar-refractivity contribution in [2.24, 2.45) is 0 Å². The highest BCUT2D eigenvalue weighted by molar-refractivity contribution is 9.11. The number of Topliss-reactive ketones (excluding diaryl/α,β-unsaturated/α-hetero) is 1. The van der Waals surface area contributed by atoms with E-state index < -0.39 is 0 Å². The van der Waals surface area contributed by atoms with Crippen LogP contribution in [0.5, 0.6) is 0 Å². The minimum Gasteiger partial charge on any atom is -0.325 e. The fraction of sp³-hybridized carbons (Fsp3) is 0.250. The molecule has 0 saturated carbocycles. The monoisotopic (exact) mass is 380 g/mol. The van der Waals surface area contributed by atoms with E-state index in [0.29, 0.717) is 17.8 Å². The highest BCUT2D eigenvalue weighted by Gasteiger charge is 2.09. The summed E-state index contributed by atoms with van der Waals surface area (Å²) in [5, 5.41) is 2.83. The van der Waals surface area contributed by atoms with Gasteiger partial charge in [-0.1, -0.05) is 0 Å². The van der Waals surface area contributed by atoms with E-state index in [0.717, 1.165) is 10.3 Å². The van der Waals surface area contributed by atoms with E-state index in [1.165, 1.54) is 11.8 Å². The predicted octanol–water partition coefficient (Wildman–Crippen LogP) is 3.78. The Kier molecular flexibility index (Phi) is 5.88. The Morgan fingerprint density at radius 3 is 2.41 bits per heavy atom. The summed E-state index contributed by atoms with van der Waals surface area (Å²) in [6.07, 6.45) is 0. The Bertz CT molecular complexity index is 667. The second-order valence-corrected chi connectivity index (χ2v) is 7.61. The molecule has 0 atom stereocenters. The summed E-state index contributed by atoms with van der Waals surface area (Å²) in [6.45, 7) is 2.56. The van der Waals surface area contributed by atoms with Gasteiger partial charge in [0.2, 0.25) is 5.91 Å². The van der Waals surface area contributed by atoms with Crippen molar-refractivity contribution < 1.29 is 9.59 Å². The predicted molar refractivity (Wildman–Crippen MR) is 93.4 cm³/mol. The van der Waals surface area contributed by atoms with Gasteiger partial charge in [-0.2, -0.15) is 0 Å². The van der Waals surface area contributed by atoms with Crippen LogP contribution in [0.1, 0.15) is 22.2 Å². The van der Waals surface area contributed by atoms with Crippen LogP contribution in [-0.2, 0) is 11.3 Å². The van der Waals surface area contributed by atoms with E-state index in [-0.39, 0.29) is 11.7 Å². The third kappa shape index (κ3) is 5.05. The van der Waals surface area contributed by atoms with Crippen molar-refractivity contribution in [1.82, 2.24) is 4.90 Å². The van der Waals surface area contributed by atoms with Gasteiger partial charge in [0.25, 0.3) is 0 Å². The molecule has 0 bridgehead atoms. The lowest BCUT2D eigenvalue weighted by Gasteiger charge is -2.15. The smallest absolute Gasteiger partial charge is 0.238 e. The first-order chi connectivity index (χ1) is 10.4. The molecule has 1 aromatic heterocycles. The molecule has 0 spiro atoms. The number of hydrogen-bond acceptors (Lipinski definition) is 4. The highest BCUT2D eigenvalue weighted by atomic mass is 79.9. The quantitative estimate of drug-likeness (QED) is 0.775. The van der Waals surface area contributed by atoms with Gasteiger partial charge in [0.05, 0.1) is 10.3 Å². The lowest BCUT2D eigenvalue weighted by atomic mass is 10.1. The van der Waals surface area contributed by atoms with Crippen LogP contribution in [-0.4, -0.2) is 30.2 Å². The maximum atomic E-state index is 12.0. The number of likely N-dealkylation sites (N-methyl/N-ethyl adjacent to an activating group) is 1. The second kappa shape index (κ2) is 7.67. The molecular weight excluding hydrogens is 364 g/mol. The number of rotatable bonds is 6. The van der Waals surface area contributed by atoms with Gasteiger partial charge in [-0.3, -0.25) is 14.5 Å². The topological polar surface area (TPSA) is 49.4 Å². The molecule has 22 heavy (non-hydrogen) atoms. The molecule has 1 N–H and O–H groups in total. The summed E-state index contributed by atoms with van der Waals surface area (Å²) < 4.78 is 1.09. The average molecular weight is 381 g/mol. The number of halogens is 1. The average Bonchev–Trinajstić information content (AvgIpc) is 2.84. The zero-order chi connectivity index (χ0) is 16.1. The van der Waals surface area contributed by atoms with Gasteiger partial charge in [-0.25, -0.2) is 0 Å². The summed E-state index contributed by atoms with van der Waals surface area (Å²) >= 11 is 5.09. The van der Waals surface area contributed by atoms with Crippen molar-refractivity contribution in [2.45, 2.75) is 13.5 Å². The van der Waals surface area contributed by atoms with Gasteiger partial charge in [-0.05, 0) is 66.3 Å². The molecule has 2 rings (SSSR count). The third-order valence-corrected chi connectivity index (χ3v) is 4.65. The summed E-state index contributed by atoms with van der Waals surface area (Å²) in [5.41, 5.74) is 1.33. The standard InChI is InChI=1S/C16H17BrN2O2S/c1-11(20)12-3-5-13(6-4-12)18-16(21)10-19(2)9-14-7-8-15(17)22-14/h3-8H,9-10H2,1-2H3,(H,18,21). The van der Waals surface area contributed by atoms with Gasteiger partial charge in [0.1, 0.15) is 0 Å². The van der Waals surface area contributed by atoms with Gasteiger partial charge in [0.15, 0.2) is 5.78 Å². The van der Waals surface area contributed by atoms with E-state index in [2.05, 4.69) is 21.2 Å². The third-order valence-electron chi connectivity index (χ3n) is 3.04. The van der Waals surface area contributed by atoms with Crippen molar-refractivity contribution in [3.63, 3.8) is 0 Å². The van der Waals surface area contributed by atoms with Crippen LogP contribution in [0.2, 0.25) is 0 Å². The Morgan fingerprint density at radius 1 is 1.18 bits per heavy atom. The van der Waals surface area contributed by atoms with E-state index in [1.54, 1.807) is 35.6 Å². The lowest BCUT2D eigenvalue weighted by Crippen LogP contribution is -2.29. The first-order valence-electron chi connectivity index (χ1n) is 6.77. The van der Waals surface area contributed by atoms with Gasteiger partial charge in [-0.15, -0.1) is 11.3 Å². The Hall–Kier alpha value is -1.50. The molecule has 0 unspecified atom stereocenters. The van der Waals surface area contributed by atoms with E-state index in [4.69, 9.17) is 0 Å². The SMILES string of the molecule is CC(=O)c1ccc(NC(=O)CN(C)Cc2ccc(Br)s2)cc1. The summed E-state index contributed by atoms with van der Waals surface area (Å²) in [4.78, 5) is 26.4. The van der Waals surface area contributed by atoms with Gasteiger partial charge >= 0.3 is 0 Å². The molecule has 1 heterocycles. The lowest BCUT2D eigenvalue weighted by molar-refractivity contribution is -0.117. The fourth-order valence-electron chi connectivity index (χ4n) is 1.99. The van der Waals surface area contributed by atoms with Crippen molar-refractivity contribution in [3.8, 4) is 0 Å². The van der Waals surface area contributed by atoms with Crippen LogP contribution in [0.3, 0.4) is 0 Å². The first kappa shape index (κ1) is 16.9. The minimum absolute atomic E-state index is 0.0136. The number of nitrogens with zero attached hydrogens (tertiary/aromatic N) is 1. The molecule has 4 nitrogen and oxygen atoms in total. The molecule has 1 aromatic carbocycles. The van der Waals surface area contributed by atoms with Crippen LogP contribution in [0.15, 0.2) is 40.2 Å². The largest absolute Gasteiger partial charge is 0.325 e. The first-order valence-corrected chi connectivity index (χ1v) is 8.38. The number of amides is 1. The molecule has 0 radical (unpaired) electrons. The molecule has 0 aliphatic rings. The number of thiophene rings is 1. The van der Waals surface area contributed by atoms with Crippen molar-refractivity contribution in [2.75, 3.05) is 18.9 Å². The number of carbonyl (C=O) groups excluding carboxylic acids is 2. The number of anilines is 1. The minimum atomic E-state index is -0.0753. The van der Waals surface area contributed by atoms with Crippen molar-refractivity contribution in [3.05, 3.63) is 50.6 Å². The number of benzene rings is 1. The van der Waals surface area contributed by atoms with E-state index >= 15 is 0 Å². The van der Waals surface area contributed by atoms with Gasteiger partial charge < -0.3 is 5.32 Å². The van der Waals surface area contributed by atoms with E-state index in [9.17, 15) is 9.59 Å². The molecule has 0 aliphatic carbocycles. The molecule has 0 fully saturated rings. The molecule has 0 aliphatic heterocycles. The van der Waals surface area contributed by atoms with E-state index in [1.807, 2.05) is 24.1 Å². The van der Waals surface area contributed by atoms with Crippen molar-refractivity contribution >= 4 is 44.6 Å². The molecule has 2 aromatic rings. The zero-order valence-electron chi connectivity index (χ0n) is 12.4. The Balaban J connectivity index is 1.85. The zero-order valence-corrected chi connectivity index (χ0v) is 14.8. The van der Waals surface area contributed by atoms with Gasteiger partial charge in [0, 0.05) is 22.7 Å². The summed E-state index contributed by atoms with van der Waals surface area (Å²) in [5.74, 6) is -0.0617. The molecular formula is C16H17BrN2O2S. The number of nitrogens with one attached hydrogen (secondary N) is 1. The molecule has 116 valence electrons. The highest BCUT2D eigenvalue weighted by Crippen LogP contribution is 2.22. The number of carbonyl (C=O) groups is 2. The Morgan fingerprint density at radius 2 is 1.86 bits per heavy atom. The maximum Gasteiger partial charge on any atom is 0.238 e. The van der Waals surface area contributed by atoms with Crippen molar-refractivity contribution in [1.29, 1.82) is 0 Å². The fourth-order valence-corrected chi connectivity index (χ4v) is 3.56. The number of hydrogen-bond donors (Lipinski definition) is 1. The molecule has 6 heteroatoms. The van der Waals surface area contributed by atoms with Crippen LogP contribution in [0, 0.1) is 0 Å². The molecule has 0 saturated heterocycles. The normalized spacial score (nSPS) is 10.7. The van der Waals surface area contributed by atoms with Crippen LogP contribution in [0.25, 0.3) is 0 Å². The van der Waals surface area contributed by atoms with Crippen LogP contribution < -0.4 is 5.32 Å². The van der Waals surface area contributed by atoms with Crippen LogP contribution >= 0.6 is 27.3 Å².